The van der Waals surface area contributed by atoms with Gasteiger partial charge in [-0.3, -0.25) is 0 Å². The third-order valence-electron chi connectivity index (χ3n) is 8.53. The van der Waals surface area contributed by atoms with Crippen molar-refractivity contribution in [2.75, 3.05) is 5.75 Å². The van der Waals surface area contributed by atoms with E-state index >= 15 is 0 Å². The Morgan fingerprint density at radius 2 is 1.66 bits per heavy atom. The van der Waals surface area contributed by atoms with E-state index in [2.05, 4.69) is 13.8 Å². The van der Waals surface area contributed by atoms with E-state index in [-0.39, 0.29) is 29.2 Å². The van der Waals surface area contributed by atoms with Gasteiger partial charge in [-0.1, -0.05) is 44.2 Å². The van der Waals surface area contributed by atoms with Gasteiger partial charge >= 0.3 is 5.97 Å². The van der Waals surface area contributed by atoms with Gasteiger partial charge in [0.25, 0.3) is 0 Å². The van der Waals surface area contributed by atoms with Crippen LogP contribution in [0.5, 0.6) is 0 Å². The van der Waals surface area contributed by atoms with E-state index in [1.807, 2.05) is 58.0 Å². The number of ether oxygens (including phenoxy) is 2. The van der Waals surface area contributed by atoms with Gasteiger partial charge in [-0.25, -0.2) is 13.2 Å². The van der Waals surface area contributed by atoms with Crippen LogP contribution in [0.15, 0.2) is 30.3 Å². The molecule has 0 aromatic heterocycles. The minimum Gasteiger partial charge on any atom is -0.430 e. The standard InChI is InChI=1S/C25H37NO5S/c1-17(2)26(18(3)4)32(28,29)16-24-14-13-20(22(24,5)6)15-25(24)30-21(27)23(7,31-25)19-11-9-8-10-12-19/h8-12,17-18,20H,13-16H2,1-7H3/t20-,23+,24+,25-/m1/s1. The Hall–Kier alpha value is -1.44. The third kappa shape index (κ3) is 3.03. The minimum atomic E-state index is -3.64. The second-order valence-corrected chi connectivity index (χ2v) is 13.0. The van der Waals surface area contributed by atoms with Crippen molar-refractivity contribution >= 4 is 16.0 Å². The van der Waals surface area contributed by atoms with Gasteiger partial charge in [-0.05, 0) is 64.4 Å². The van der Waals surface area contributed by atoms with Crippen molar-refractivity contribution in [3.05, 3.63) is 35.9 Å². The maximum Gasteiger partial charge on any atom is 0.345 e. The molecule has 1 spiro atoms. The SMILES string of the molecule is CC(C)N(C(C)C)S(=O)(=O)C[C@]12CC[C@H](C[C@]13OC(=O)[C@](C)(c1ccccc1)O3)C2(C)C. The summed E-state index contributed by atoms with van der Waals surface area (Å²) in [5.74, 6) is -1.53. The Balaban J connectivity index is 1.80. The summed E-state index contributed by atoms with van der Waals surface area (Å²) in [4.78, 5) is 13.3. The number of fused-ring (bicyclic) bond motifs is 3. The lowest BCUT2D eigenvalue weighted by Gasteiger charge is -2.47. The first-order valence-electron chi connectivity index (χ1n) is 11.7. The highest BCUT2D eigenvalue weighted by atomic mass is 32.2. The molecule has 0 N–H and O–H groups in total. The summed E-state index contributed by atoms with van der Waals surface area (Å²) in [6, 6.07) is 9.05. The first kappa shape index (κ1) is 23.7. The van der Waals surface area contributed by atoms with Crippen LogP contribution < -0.4 is 0 Å². The Morgan fingerprint density at radius 3 is 2.19 bits per heavy atom. The van der Waals surface area contributed by atoms with Crippen molar-refractivity contribution in [3.63, 3.8) is 0 Å². The van der Waals surface area contributed by atoms with Crippen LogP contribution in [0.3, 0.4) is 0 Å². The molecule has 32 heavy (non-hydrogen) atoms. The highest BCUT2D eigenvalue weighted by Crippen LogP contribution is 2.74. The van der Waals surface area contributed by atoms with Gasteiger partial charge in [-0.15, -0.1) is 0 Å². The lowest BCUT2D eigenvalue weighted by atomic mass is 9.68. The number of hydrogen-bond acceptors (Lipinski definition) is 5. The fourth-order valence-electron chi connectivity index (χ4n) is 6.90. The number of esters is 1. The number of benzene rings is 1. The Labute approximate surface area is 192 Å². The zero-order valence-corrected chi connectivity index (χ0v) is 21.2. The molecule has 0 unspecified atom stereocenters. The van der Waals surface area contributed by atoms with Crippen LogP contribution in [0.25, 0.3) is 0 Å². The topological polar surface area (TPSA) is 72.9 Å². The summed E-state index contributed by atoms with van der Waals surface area (Å²) in [6.07, 6.45) is 2.11. The predicted octanol–water partition coefficient (Wildman–Crippen LogP) is 4.45. The van der Waals surface area contributed by atoms with E-state index in [0.717, 1.165) is 12.0 Å². The van der Waals surface area contributed by atoms with Gasteiger partial charge in [0, 0.05) is 18.5 Å². The molecule has 2 saturated carbocycles. The lowest BCUT2D eigenvalue weighted by molar-refractivity contribution is -0.255. The van der Waals surface area contributed by atoms with Crippen molar-refractivity contribution in [2.24, 2.45) is 16.7 Å². The number of sulfonamides is 1. The van der Waals surface area contributed by atoms with E-state index in [4.69, 9.17) is 9.47 Å². The van der Waals surface area contributed by atoms with Gasteiger partial charge in [0.2, 0.25) is 15.8 Å². The summed E-state index contributed by atoms with van der Waals surface area (Å²) in [6.45, 7) is 13.6. The Morgan fingerprint density at radius 1 is 1.06 bits per heavy atom. The van der Waals surface area contributed by atoms with Gasteiger partial charge < -0.3 is 9.47 Å². The van der Waals surface area contributed by atoms with Crippen molar-refractivity contribution in [2.45, 2.75) is 91.2 Å². The molecular formula is C25H37NO5S. The van der Waals surface area contributed by atoms with Gasteiger partial charge in [0.05, 0.1) is 11.2 Å². The van der Waals surface area contributed by atoms with Crippen LogP contribution in [0.1, 0.15) is 73.3 Å². The monoisotopic (exact) mass is 463 g/mol. The molecule has 0 radical (unpaired) electrons. The molecule has 1 heterocycles. The van der Waals surface area contributed by atoms with Gasteiger partial charge in [0.1, 0.15) is 0 Å². The zero-order valence-electron chi connectivity index (χ0n) is 20.3. The van der Waals surface area contributed by atoms with Gasteiger partial charge in [0.15, 0.2) is 5.60 Å². The average Bonchev–Trinajstić information content (AvgIpc) is 3.13. The van der Waals surface area contributed by atoms with Crippen LogP contribution in [0.2, 0.25) is 0 Å². The fraction of sp³-hybridized carbons (Fsp3) is 0.720. The second kappa shape index (κ2) is 7.28. The van der Waals surface area contributed by atoms with E-state index in [1.165, 1.54) is 0 Å². The molecule has 1 aromatic carbocycles. The minimum absolute atomic E-state index is 0.0853. The normalized spacial score (nSPS) is 36.1. The first-order chi connectivity index (χ1) is 14.7. The molecule has 4 rings (SSSR count). The maximum atomic E-state index is 13.8. The third-order valence-corrected chi connectivity index (χ3v) is 10.9. The predicted molar refractivity (Wildman–Crippen MR) is 123 cm³/mol. The largest absolute Gasteiger partial charge is 0.430 e. The van der Waals surface area contributed by atoms with E-state index in [0.29, 0.717) is 12.8 Å². The van der Waals surface area contributed by atoms with Crippen LogP contribution in [-0.4, -0.2) is 42.3 Å². The van der Waals surface area contributed by atoms with Gasteiger partial charge in [-0.2, -0.15) is 4.31 Å². The zero-order chi connectivity index (χ0) is 23.7. The number of carbonyl (C=O) groups is 1. The summed E-state index contributed by atoms with van der Waals surface area (Å²) in [5, 5.41) is 0. The van der Waals surface area contributed by atoms with Crippen molar-refractivity contribution < 1.29 is 22.7 Å². The molecule has 1 saturated heterocycles. The van der Waals surface area contributed by atoms with E-state index in [1.54, 1.807) is 11.2 Å². The van der Waals surface area contributed by atoms with Crippen LogP contribution in [-0.2, 0) is 29.9 Å². The summed E-state index contributed by atoms with van der Waals surface area (Å²) >= 11 is 0. The molecule has 2 bridgehead atoms. The highest BCUT2D eigenvalue weighted by molar-refractivity contribution is 7.89. The van der Waals surface area contributed by atoms with Crippen molar-refractivity contribution in [1.29, 1.82) is 0 Å². The highest BCUT2D eigenvalue weighted by Gasteiger charge is 2.79. The second-order valence-electron chi connectivity index (χ2n) is 11.2. The summed E-state index contributed by atoms with van der Waals surface area (Å²) in [5.41, 5.74) is -1.68. The number of carbonyl (C=O) groups excluding carboxylic acids is 1. The molecule has 0 amide bonds. The van der Waals surface area contributed by atoms with Crippen molar-refractivity contribution in [1.82, 2.24) is 4.31 Å². The molecule has 6 nitrogen and oxygen atoms in total. The summed E-state index contributed by atoms with van der Waals surface area (Å²) in [7, 11) is -3.64. The number of rotatable bonds is 6. The first-order valence-corrected chi connectivity index (χ1v) is 13.3. The molecule has 178 valence electrons. The maximum absolute atomic E-state index is 13.8. The molecular weight excluding hydrogens is 426 g/mol. The molecule has 1 aliphatic heterocycles. The summed E-state index contributed by atoms with van der Waals surface area (Å²) < 4.78 is 42.0. The average molecular weight is 464 g/mol. The van der Waals surface area contributed by atoms with Crippen LogP contribution >= 0.6 is 0 Å². The molecule has 1 aromatic rings. The lowest BCUT2D eigenvalue weighted by Crippen LogP contribution is -2.57. The molecule has 7 heteroatoms. The fourth-order valence-corrected chi connectivity index (χ4v) is 9.69. The Bertz CT molecular complexity index is 996. The van der Waals surface area contributed by atoms with E-state index < -0.39 is 32.8 Å². The quantitative estimate of drug-likeness (QED) is 0.583. The smallest absolute Gasteiger partial charge is 0.345 e. The molecule has 3 aliphatic rings. The molecule has 2 aliphatic carbocycles. The number of nitrogens with zero attached hydrogens (tertiary/aromatic N) is 1. The number of hydrogen-bond donors (Lipinski definition) is 0. The van der Waals surface area contributed by atoms with Crippen LogP contribution in [0, 0.1) is 16.7 Å². The Kier molecular flexibility index (Phi) is 5.39. The molecule has 4 atom stereocenters. The molecule has 3 fully saturated rings. The van der Waals surface area contributed by atoms with Crippen molar-refractivity contribution in [3.8, 4) is 0 Å². The van der Waals surface area contributed by atoms with Crippen LogP contribution in [0.4, 0.5) is 0 Å². The van der Waals surface area contributed by atoms with E-state index in [9.17, 15) is 13.2 Å².